The molecule has 2 nitrogen and oxygen atoms in total. The van der Waals surface area contributed by atoms with Crippen molar-refractivity contribution in [2.75, 3.05) is 19.7 Å². The van der Waals surface area contributed by atoms with E-state index in [2.05, 4.69) is 36.0 Å². The van der Waals surface area contributed by atoms with Gasteiger partial charge in [0.25, 0.3) is 0 Å². The molecular formula is C12H17NOS. The Morgan fingerprint density at radius 3 is 2.73 bits per heavy atom. The third-order valence-electron chi connectivity index (χ3n) is 2.31. The number of thiophene rings is 1. The highest BCUT2D eigenvalue weighted by Gasteiger charge is 2.05. The molecule has 0 aliphatic rings. The smallest absolute Gasteiger partial charge is 0.104 e. The van der Waals surface area contributed by atoms with Crippen LogP contribution in [0.2, 0.25) is 0 Å². The zero-order chi connectivity index (χ0) is 11.1. The molecule has 1 aromatic rings. The summed E-state index contributed by atoms with van der Waals surface area (Å²) >= 11 is 1.73. The Balaban J connectivity index is 2.72. The fourth-order valence-electron chi connectivity index (χ4n) is 1.36. The summed E-state index contributed by atoms with van der Waals surface area (Å²) in [6.45, 7) is 7.33. The maximum Gasteiger partial charge on any atom is 0.104 e. The minimum atomic E-state index is -0.0689. The molecule has 0 unspecified atom stereocenters. The van der Waals surface area contributed by atoms with Crippen LogP contribution in [0.1, 0.15) is 24.3 Å². The maximum absolute atomic E-state index is 8.65. The molecule has 0 saturated heterocycles. The molecule has 1 aromatic heterocycles. The molecule has 1 heterocycles. The molecule has 0 radical (unpaired) electrons. The topological polar surface area (TPSA) is 23.5 Å². The molecule has 82 valence electrons. The van der Waals surface area contributed by atoms with Gasteiger partial charge in [0.05, 0.1) is 0 Å². The number of hydrogen-bond donors (Lipinski definition) is 1. The van der Waals surface area contributed by atoms with Crippen LogP contribution in [0.4, 0.5) is 0 Å². The van der Waals surface area contributed by atoms with Gasteiger partial charge in [-0.25, -0.2) is 0 Å². The van der Waals surface area contributed by atoms with E-state index in [9.17, 15) is 0 Å². The van der Waals surface area contributed by atoms with Crippen molar-refractivity contribution in [1.29, 1.82) is 0 Å². The second kappa shape index (κ2) is 6.62. The van der Waals surface area contributed by atoms with Gasteiger partial charge in [-0.1, -0.05) is 25.7 Å². The highest BCUT2D eigenvalue weighted by molar-refractivity contribution is 7.10. The average molecular weight is 223 g/mol. The van der Waals surface area contributed by atoms with Crippen molar-refractivity contribution in [3.8, 4) is 11.8 Å². The second-order valence-electron chi connectivity index (χ2n) is 3.18. The number of hydrogen-bond acceptors (Lipinski definition) is 3. The third kappa shape index (κ3) is 3.67. The van der Waals surface area contributed by atoms with Gasteiger partial charge in [-0.2, -0.15) is 0 Å². The summed E-state index contributed by atoms with van der Waals surface area (Å²) in [5, 5.41) is 10.7. The Morgan fingerprint density at radius 2 is 2.13 bits per heavy atom. The molecule has 0 aliphatic heterocycles. The van der Waals surface area contributed by atoms with E-state index < -0.39 is 0 Å². The van der Waals surface area contributed by atoms with Gasteiger partial charge in [0.1, 0.15) is 6.61 Å². The molecule has 1 N–H and O–H groups in total. The van der Waals surface area contributed by atoms with Gasteiger partial charge < -0.3 is 5.11 Å². The molecule has 0 fully saturated rings. The van der Waals surface area contributed by atoms with Crippen molar-refractivity contribution < 1.29 is 5.11 Å². The van der Waals surface area contributed by atoms with Gasteiger partial charge in [-0.15, -0.1) is 11.3 Å². The Bertz CT molecular complexity index is 344. The highest BCUT2D eigenvalue weighted by atomic mass is 32.1. The normalized spacial score (nSPS) is 10.1. The summed E-state index contributed by atoms with van der Waals surface area (Å²) in [7, 11) is 0. The van der Waals surface area contributed by atoms with Gasteiger partial charge in [-0.05, 0) is 24.5 Å². The lowest BCUT2D eigenvalue weighted by molar-refractivity contribution is 0.298. The number of rotatable bonds is 4. The Morgan fingerprint density at radius 1 is 1.40 bits per heavy atom. The van der Waals surface area contributed by atoms with E-state index >= 15 is 0 Å². The number of nitrogens with zero attached hydrogens (tertiary/aromatic N) is 1. The largest absolute Gasteiger partial charge is 0.384 e. The zero-order valence-electron chi connectivity index (χ0n) is 9.29. The monoisotopic (exact) mass is 223 g/mol. The van der Waals surface area contributed by atoms with Gasteiger partial charge in [-0.3, -0.25) is 4.90 Å². The minimum absolute atomic E-state index is 0.0689. The van der Waals surface area contributed by atoms with E-state index in [-0.39, 0.29) is 6.61 Å². The SMILES string of the molecule is CCN(CC)Cc1sccc1C#CCO. The Kier molecular flexibility index (Phi) is 5.41. The van der Waals surface area contributed by atoms with Crippen LogP contribution in [-0.2, 0) is 6.54 Å². The van der Waals surface area contributed by atoms with Crippen molar-refractivity contribution >= 4 is 11.3 Å². The molecule has 0 bridgehead atoms. The van der Waals surface area contributed by atoms with Crippen LogP contribution in [0.15, 0.2) is 11.4 Å². The first kappa shape index (κ1) is 12.3. The van der Waals surface area contributed by atoms with E-state index in [1.807, 2.05) is 6.07 Å². The maximum atomic E-state index is 8.65. The minimum Gasteiger partial charge on any atom is -0.384 e. The fourth-order valence-corrected chi connectivity index (χ4v) is 2.23. The summed E-state index contributed by atoms with van der Waals surface area (Å²) in [6, 6.07) is 2.02. The van der Waals surface area contributed by atoms with Crippen LogP contribution >= 0.6 is 11.3 Å². The first-order valence-electron chi connectivity index (χ1n) is 5.20. The average Bonchev–Trinajstić information content (AvgIpc) is 2.70. The highest BCUT2D eigenvalue weighted by Crippen LogP contribution is 2.17. The molecule has 1 rings (SSSR count). The summed E-state index contributed by atoms with van der Waals surface area (Å²) < 4.78 is 0. The fraction of sp³-hybridized carbons (Fsp3) is 0.500. The van der Waals surface area contributed by atoms with Crippen molar-refractivity contribution in [2.45, 2.75) is 20.4 Å². The lowest BCUT2D eigenvalue weighted by Crippen LogP contribution is -2.21. The molecule has 0 aliphatic carbocycles. The van der Waals surface area contributed by atoms with Gasteiger partial charge >= 0.3 is 0 Å². The first-order chi connectivity index (χ1) is 7.31. The summed E-state index contributed by atoms with van der Waals surface area (Å²) in [5.74, 6) is 5.67. The molecule has 0 amide bonds. The zero-order valence-corrected chi connectivity index (χ0v) is 10.1. The van der Waals surface area contributed by atoms with Crippen LogP contribution in [0.5, 0.6) is 0 Å². The van der Waals surface area contributed by atoms with E-state index in [4.69, 9.17) is 5.11 Å². The van der Waals surface area contributed by atoms with Crippen molar-refractivity contribution in [2.24, 2.45) is 0 Å². The van der Waals surface area contributed by atoms with Crippen molar-refractivity contribution in [3.63, 3.8) is 0 Å². The summed E-state index contributed by atoms with van der Waals surface area (Å²) in [4.78, 5) is 3.65. The van der Waals surface area contributed by atoms with Crippen LogP contribution in [0.25, 0.3) is 0 Å². The molecule has 15 heavy (non-hydrogen) atoms. The lowest BCUT2D eigenvalue weighted by Gasteiger charge is -2.16. The van der Waals surface area contributed by atoms with Crippen LogP contribution < -0.4 is 0 Å². The summed E-state index contributed by atoms with van der Waals surface area (Å²) in [5.41, 5.74) is 1.06. The molecule has 3 heteroatoms. The van der Waals surface area contributed by atoms with Gasteiger partial charge in [0.2, 0.25) is 0 Å². The molecular weight excluding hydrogens is 206 g/mol. The first-order valence-corrected chi connectivity index (χ1v) is 6.08. The second-order valence-corrected chi connectivity index (χ2v) is 4.18. The van der Waals surface area contributed by atoms with E-state index in [1.165, 1.54) is 4.88 Å². The molecule has 0 spiro atoms. The number of aliphatic hydroxyl groups excluding tert-OH is 1. The van der Waals surface area contributed by atoms with E-state index in [0.29, 0.717) is 0 Å². The van der Waals surface area contributed by atoms with Gasteiger partial charge in [0.15, 0.2) is 0 Å². The van der Waals surface area contributed by atoms with Crippen molar-refractivity contribution in [1.82, 2.24) is 4.90 Å². The van der Waals surface area contributed by atoms with Crippen LogP contribution in [-0.4, -0.2) is 29.7 Å². The Labute approximate surface area is 95.5 Å². The van der Waals surface area contributed by atoms with Crippen molar-refractivity contribution in [3.05, 3.63) is 21.9 Å². The van der Waals surface area contributed by atoms with Crippen LogP contribution in [0, 0.1) is 11.8 Å². The molecule has 0 saturated carbocycles. The lowest BCUT2D eigenvalue weighted by atomic mass is 10.2. The third-order valence-corrected chi connectivity index (χ3v) is 3.21. The predicted molar refractivity (Wildman–Crippen MR) is 64.9 cm³/mol. The quantitative estimate of drug-likeness (QED) is 0.788. The standard InChI is InChI=1S/C12H17NOS/c1-3-13(4-2)10-12-11(6-5-8-14)7-9-15-12/h7,9,14H,3-4,8,10H2,1-2H3. The van der Waals surface area contributed by atoms with E-state index in [0.717, 1.165) is 25.2 Å². The van der Waals surface area contributed by atoms with Crippen LogP contribution in [0.3, 0.4) is 0 Å². The number of aliphatic hydroxyl groups is 1. The predicted octanol–water partition coefficient (Wildman–Crippen LogP) is 1.93. The van der Waals surface area contributed by atoms with E-state index in [1.54, 1.807) is 11.3 Å². The molecule has 0 aromatic carbocycles. The summed E-state index contributed by atoms with van der Waals surface area (Å²) in [6.07, 6.45) is 0. The molecule has 0 atom stereocenters. The van der Waals surface area contributed by atoms with Gasteiger partial charge in [0, 0.05) is 17.0 Å². The Hall–Kier alpha value is -0.820.